The lowest BCUT2D eigenvalue weighted by Gasteiger charge is -2.11. The number of carbonyl (C=O) groups is 2. The van der Waals surface area contributed by atoms with E-state index in [1.165, 1.54) is 0 Å². The Hall–Kier alpha value is -2.89. The fourth-order valence-electron chi connectivity index (χ4n) is 1.93. The van der Waals surface area contributed by atoms with Gasteiger partial charge in [-0.3, -0.25) is 4.79 Å². The first-order valence-corrected chi connectivity index (χ1v) is 7.36. The summed E-state index contributed by atoms with van der Waals surface area (Å²) >= 11 is 0. The molecule has 2 rings (SSSR count). The molecule has 3 amide bonds. The number of hydrogen-bond donors (Lipinski definition) is 3. The third kappa shape index (κ3) is 4.81. The Morgan fingerprint density at radius 2 is 1.74 bits per heavy atom. The molecular weight excluding hydrogens is 292 g/mol. The maximum Gasteiger partial charge on any atom is 0.319 e. The summed E-state index contributed by atoms with van der Waals surface area (Å²) in [5.74, 6) is 0.293. The van der Waals surface area contributed by atoms with Crippen molar-refractivity contribution in [2.45, 2.75) is 26.8 Å². The van der Waals surface area contributed by atoms with Crippen molar-refractivity contribution in [1.82, 2.24) is 10.3 Å². The lowest BCUT2D eigenvalue weighted by molar-refractivity contribution is 0.102. The second kappa shape index (κ2) is 7.40. The van der Waals surface area contributed by atoms with E-state index in [4.69, 9.17) is 0 Å². The van der Waals surface area contributed by atoms with Crippen LogP contribution >= 0.6 is 0 Å². The summed E-state index contributed by atoms with van der Waals surface area (Å²) < 4.78 is 0. The van der Waals surface area contributed by atoms with Crippen molar-refractivity contribution in [2.24, 2.45) is 0 Å². The minimum absolute atomic E-state index is 0.0571. The average Bonchev–Trinajstić information content (AvgIpc) is 2.49. The number of nitrogens with zero attached hydrogens (tertiary/aromatic N) is 1. The van der Waals surface area contributed by atoms with E-state index < -0.39 is 0 Å². The highest BCUT2D eigenvalue weighted by atomic mass is 16.2. The molecule has 6 heteroatoms. The molecule has 0 bridgehead atoms. The van der Waals surface area contributed by atoms with E-state index in [2.05, 4.69) is 20.9 Å². The van der Waals surface area contributed by atoms with Crippen molar-refractivity contribution >= 4 is 23.4 Å². The molecule has 1 aromatic carbocycles. The molecule has 120 valence electrons. The van der Waals surface area contributed by atoms with Gasteiger partial charge < -0.3 is 16.0 Å². The molecule has 0 unspecified atom stereocenters. The molecule has 0 saturated heterocycles. The van der Waals surface area contributed by atoms with E-state index in [9.17, 15) is 9.59 Å². The molecule has 0 aliphatic heterocycles. The summed E-state index contributed by atoms with van der Waals surface area (Å²) in [7, 11) is 0. The number of pyridine rings is 1. The topological polar surface area (TPSA) is 83.1 Å². The molecule has 2 aromatic rings. The number of aromatic nitrogens is 1. The van der Waals surface area contributed by atoms with Crippen LogP contribution in [-0.4, -0.2) is 23.0 Å². The van der Waals surface area contributed by atoms with Crippen molar-refractivity contribution in [3.63, 3.8) is 0 Å². The van der Waals surface area contributed by atoms with Crippen molar-refractivity contribution in [2.75, 3.05) is 10.6 Å². The van der Waals surface area contributed by atoms with Crippen LogP contribution in [0.4, 0.5) is 16.3 Å². The van der Waals surface area contributed by atoms with Crippen molar-refractivity contribution in [1.29, 1.82) is 0 Å². The number of hydrogen-bond acceptors (Lipinski definition) is 3. The van der Waals surface area contributed by atoms with Gasteiger partial charge in [-0.1, -0.05) is 6.07 Å². The SMILES string of the molecule is Cc1cccnc1NC(=O)c1ccc(NC(=O)NC(C)C)cc1. The van der Waals surface area contributed by atoms with E-state index in [0.717, 1.165) is 5.56 Å². The van der Waals surface area contributed by atoms with Gasteiger partial charge in [0.2, 0.25) is 0 Å². The molecule has 0 aliphatic rings. The first kappa shape index (κ1) is 16.5. The Kier molecular flexibility index (Phi) is 5.30. The largest absolute Gasteiger partial charge is 0.336 e. The van der Waals surface area contributed by atoms with Gasteiger partial charge in [0.25, 0.3) is 5.91 Å². The Bertz CT molecular complexity index is 696. The number of amides is 3. The molecule has 1 heterocycles. The third-order valence-corrected chi connectivity index (χ3v) is 3.07. The third-order valence-electron chi connectivity index (χ3n) is 3.07. The van der Waals surface area contributed by atoms with E-state index in [-0.39, 0.29) is 18.0 Å². The lowest BCUT2D eigenvalue weighted by Crippen LogP contribution is -2.34. The fourth-order valence-corrected chi connectivity index (χ4v) is 1.93. The monoisotopic (exact) mass is 312 g/mol. The van der Waals surface area contributed by atoms with Crippen molar-refractivity contribution in [3.8, 4) is 0 Å². The Morgan fingerprint density at radius 1 is 1.04 bits per heavy atom. The van der Waals surface area contributed by atoms with Crippen molar-refractivity contribution < 1.29 is 9.59 Å². The molecular formula is C17H20N4O2. The van der Waals surface area contributed by atoms with Gasteiger partial charge in [-0.2, -0.15) is 0 Å². The van der Waals surface area contributed by atoms with Crippen molar-refractivity contribution in [3.05, 3.63) is 53.7 Å². The summed E-state index contributed by atoms with van der Waals surface area (Å²) in [6, 6.07) is 10.1. The molecule has 3 N–H and O–H groups in total. The maximum absolute atomic E-state index is 12.2. The quantitative estimate of drug-likeness (QED) is 0.811. The minimum Gasteiger partial charge on any atom is -0.336 e. The highest BCUT2D eigenvalue weighted by Crippen LogP contribution is 2.13. The van der Waals surface area contributed by atoms with Gasteiger partial charge in [0.15, 0.2) is 0 Å². The second-order valence-electron chi connectivity index (χ2n) is 5.45. The van der Waals surface area contributed by atoms with Crippen LogP contribution in [-0.2, 0) is 0 Å². The van der Waals surface area contributed by atoms with Gasteiger partial charge in [0.05, 0.1) is 0 Å². The zero-order valence-corrected chi connectivity index (χ0v) is 13.4. The molecule has 0 spiro atoms. The molecule has 6 nitrogen and oxygen atoms in total. The van der Waals surface area contributed by atoms with Crippen LogP contribution in [0.15, 0.2) is 42.6 Å². The van der Waals surface area contributed by atoms with E-state index in [0.29, 0.717) is 17.1 Å². The van der Waals surface area contributed by atoms with Crippen LogP contribution in [0.25, 0.3) is 0 Å². The van der Waals surface area contributed by atoms with E-state index in [1.54, 1.807) is 30.5 Å². The van der Waals surface area contributed by atoms with Gasteiger partial charge in [0, 0.05) is 23.5 Å². The molecule has 0 aliphatic carbocycles. The predicted octanol–water partition coefficient (Wildman–Crippen LogP) is 3.17. The van der Waals surface area contributed by atoms with E-state index >= 15 is 0 Å². The van der Waals surface area contributed by atoms with Crippen LogP contribution < -0.4 is 16.0 Å². The number of rotatable bonds is 4. The zero-order valence-electron chi connectivity index (χ0n) is 13.4. The van der Waals surface area contributed by atoms with E-state index in [1.807, 2.05) is 32.9 Å². The molecule has 23 heavy (non-hydrogen) atoms. The summed E-state index contributed by atoms with van der Waals surface area (Å²) in [5.41, 5.74) is 2.00. The number of carbonyl (C=O) groups excluding carboxylic acids is 2. The normalized spacial score (nSPS) is 10.3. The van der Waals surface area contributed by atoms with Gasteiger partial charge in [-0.15, -0.1) is 0 Å². The summed E-state index contributed by atoms with van der Waals surface area (Å²) in [6.45, 7) is 5.64. The molecule has 0 fully saturated rings. The Labute approximate surface area is 135 Å². The van der Waals surface area contributed by atoms with Crippen LogP contribution in [0.2, 0.25) is 0 Å². The molecule has 0 radical (unpaired) electrons. The fraction of sp³-hybridized carbons (Fsp3) is 0.235. The summed E-state index contributed by atoms with van der Waals surface area (Å²) in [4.78, 5) is 27.9. The number of benzene rings is 1. The van der Waals surface area contributed by atoms with Crippen LogP contribution in [0, 0.1) is 6.92 Å². The molecule has 1 aromatic heterocycles. The average molecular weight is 312 g/mol. The highest BCUT2D eigenvalue weighted by molar-refractivity contribution is 6.04. The molecule has 0 atom stereocenters. The number of urea groups is 1. The van der Waals surface area contributed by atoms with Crippen LogP contribution in [0.3, 0.4) is 0 Å². The second-order valence-corrected chi connectivity index (χ2v) is 5.45. The lowest BCUT2D eigenvalue weighted by atomic mass is 10.2. The minimum atomic E-state index is -0.277. The zero-order chi connectivity index (χ0) is 16.8. The Morgan fingerprint density at radius 3 is 2.35 bits per heavy atom. The van der Waals surface area contributed by atoms with Crippen LogP contribution in [0.5, 0.6) is 0 Å². The summed E-state index contributed by atoms with van der Waals surface area (Å²) in [5, 5.41) is 8.20. The van der Waals surface area contributed by atoms with Gasteiger partial charge >= 0.3 is 6.03 Å². The highest BCUT2D eigenvalue weighted by Gasteiger charge is 2.09. The maximum atomic E-state index is 12.2. The summed E-state index contributed by atoms with van der Waals surface area (Å²) in [6.07, 6.45) is 1.63. The first-order chi connectivity index (χ1) is 11.0. The van der Waals surface area contributed by atoms with Gasteiger partial charge in [-0.05, 0) is 56.7 Å². The van der Waals surface area contributed by atoms with Gasteiger partial charge in [0.1, 0.15) is 5.82 Å². The number of anilines is 2. The number of nitrogens with one attached hydrogen (secondary N) is 3. The smallest absolute Gasteiger partial charge is 0.319 e. The first-order valence-electron chi connectivity index (χ1n) is 7.36. The number of aryl methyl sites for hydroxylation is 1. The Balaban J connectivity index is 2.00. The predicted molar refractivity (Wildman–Crippen MR) is 90.7 cm³/mol. The van der Waals surface area contributed by atoms with Gasteiger partial charge in [-0.25, -0.2) is 9.78 Å². The molecule has 0 saturated carbocycles. The van der Waals surface area contributed by atoms with Crippen LogP contribution in [0.1, 0.15) is 29.8 Å². The standard InChI is InChI=1S/C17H20N4O2/c1-11(2)19-17(23)20-14-8-6-13(7-9-14)16(22)21-15-12(3)5-4-10-18-15/h4-11H,1-3H3,(H,18,21,22)(H2,19,20,23).